The summed E-state index contributed by atoms with van der Waals surface area (Å²) < 4.78 is 40.3. The van der Waals surface area contributed by atoms with Crippen LogP contribution in [0.2, 0.25) is 0 Å². The molecule has 1 aliphatic rings. The highest BCUT2D eigenvalue weighted by Gasteiger charge is 2.22. The molecule has 0 heterocycles. The minimum Gasteiger partial charge on any atom is -0.489 e. The van der Waals surface area contributed by atoms with E-state index < -0.39 is 24.1 Å². The molecule has 0 spiro atoms. The summed E-state index contributed by atoms with van der Waals surface area (Å²) in [5.41, 5.74) is 9.26. The SMILES string of the molecule is CC(C)(C)OC(=O)Cc1ccccc1OCc1cc(CCC2CC2)cc(-c2cccc(C(N)CF)c2F)c1. The zero-order chi connectivity index (χ0) is 27.3. The van der Waals surface area contributed by atoms with Gasteiger partial charge in [-0.3, -0.25) is 4.79 Å². The Labute approximate surface area is 224 Å². The number of aryl methyl sites for hydroxylation is 1. The number of ether oxygens (including phenoxy) is 2. The van der Waals surface area contributed by atoms with Crippen LogP contribution in [0.4, 0.5) is 8.78 Å². The van der Waals surface area contributed by atoms with Gasteiger partial charge in [-0.2, -0.15) is 0 Å². The average molecular weight is 522 g/mol. The molecule has 0 radical (unpaired) electrons. The fourth-order valence-electron chi connectivity index (χ4n) is 4.55. The maximum atomic E-state index is 15.4. The number of carbonyl (C=O) groups excluding carboxylic acids is 1. The lowest BCUT2D eigenvalue weighted by molar-refractivity contribution is -0.153. The van der Waals surface area contributed by atoms with Crippen LogP contribution in [0.3, 0.4) is 0 Å². The second kappa shape index (κ2) is 12.1. The molecule has 1 unspecified atom stereocenters. The number of alkyl halides is 1. The van der Waals surface area contributed by atoms with E-state index in [1.165, 1.54) is 18.9 Å². The Morgan fingerprint density at radius 1 is 1.05 bits per heavy atom. The molecule has 3 aromatic rings. The lowest BCUT2D eigenvalue weighted by atomic mass is 9.94. The molecule has 1 fully saturated rings. The predicted octanol–water partition coefficient (Wildman–Crippen LogP) is 7.27. The Morgan fingerprint density at radius 3 is 2.50 bits per heavy atom. The largest absolute Gasteiger partial charge is 0.489 e. The van der Waals surface area contributed by atoms with Crippen LogP contribution in [0.25, 0.3) is 11.1 Å². The van der Waals surface area contributed by atoms with E-state index in [2.05, 4.69) is 6.07 Å². The van der Waals surface area contributed by atoms with Crippen LogP contribution in [-0.4, -0.2) is 18.2 Å². The summed E-state index contributed by atoms with van der Waals surface area (Å²) in [5.74, 6) is 0.553. The maximum absolute atomic E-state index is 15.4. The molecule has 2 N–H and O–H groups in total. The number of halogens is 2. The van der Waals surface area contributed by atoms with Crippen molar-refractivity contribution in [2.45, 2.75) is 71.1 Å². The Hall–Kier alpha value is -3.25. The molecular weight excluding hydrogens is 484 g/mol. The fraction of sp³-hybridized carbons (Fsp3) is 0.406. The van der Waals surface area contributed by atoms with Crippen LogP contribution in [0.1, 0.15) is 68.3 Å². The van der Waals surface area contributed by atoms with Crippen LogP contribution in [0, 0.1) is 11.7 Å². The molecule has 1 atom stereocenters. The van der Waals surface area contributed by atoms with E-state index in [9.17, 15) is 9.18 Å². The Kier molecular flexibility index (Phi) is 8.83. The first kappa shape index (κ1) is 27.8. The molecule has 0 saturated heterocycles. The monoisotopic (exact) mass is 521 g/mol. The number of hydrogen-bond donors (Lipinski definition) is 1. The Morgan fingerprint density at radius 2 is 1.79 bits per heavy atom. The maximum Gasteiger partial charge on any atom is 0.310 e. The van der Waals surface area contributed by atoms with E-state index >= 15 is 4.39 Å². The van der Waals surface area contributed by atoms with Gasteiger partial charge < -0.3 is 15.2 Å². The second-order valence-corrected chi connectivity index (χ2v) is 11.1. The van der Waals surface area contributed by atoms with E-state index in [-0.39, 0.29) is 24.6 Å². The number of rotatable bonds is 11. The minimum absolute atomic E-state index is 0.104. The molecular formula is C32H37F2NO3. The topological polar surface area (TPSA) is 61.5 Å². The lowest BCUT2D eigenvalue weighted by Crippen LogP contribution is -2.25. The van der Waals surface area contributed by atoms with Gasteiger partial charge in [-0.05, 0) is 68.4 Å². The number of esters is 1. The van der Waals surface area contributed by atoms with Crippen LogP contribution in [0.15, 0.2) is 60.7 Å². The van der Waals surface area contributed by atoms with Gasteiger partial charge in [0.2, 0.25) is 0 Å². The summed E-state index contributed by atoms with van der Waals surface area (Å²) in [6.07, 6.45) is 4.63. The smallest absolute Gasteiger partial charge is 0.310 e. The van der Waals surface area contributed by atoms with Crippen molar-refractivity contribution in [3.05, 3.63) is 88.7 Å². The van der Waals surface area contributed by atoms with E-state index in [0.717, 1.165) is 35.4 Å². The van der Waals surface area contributed by atoms with Crippen molar-refractivity contribution in [3.63, 3.8) is 0 Å². The van der Waals surface area contributed by atoms with Gasteiger partial charge in [0.25, 0.3) is 0 Å². The van der Waals surface area contributed by atoms with E-state index in [1.54, 1.807) is 12.1 Å². The third-order valence-corrected chi connectivity index (χ3v) is 6.62. The molecule has 0 bridgehead atoms. The van der Waals surface area contributed by atoms with Crippen molar-refractivity contribution in [1.29, 1.82) is 0 Å². The molecule has 0 amide bonds. The van der Waals surface area contributed by atoms with Gasteiger partial charge in [0, 0.05) is 16.7 Å². The van der Waals surface area contributed by atoms with Gasteiger partial charge in [-0.1, -0.05) is 61.4 Å². The van der Waals surface area contributed by atoms with Crippen LogP contribution in [0.5, 0.6) is 5.75 Å². The molecule has 6 heteroatoms. The first-order valence-corrected chi connectivity index (χ1v) is 13.3. The minimum atomic E-state index is -1.00. The van der Waals surface area contributed by atoms with Gasteiger partial charge in [0.15, 0.2) is 0 Å². The number of benzene rings is 3. The zero-order valence-electron chi connectivity index (χ0n) is 22.4. The summed E-state index contributed by atoms with van der Waals surface area (Å²) in [6, 6.07) is 17.4. The number of para-hydroxylation sites is 1. The van der Waals surface area contributed by atoms with Gasteiger partial charge in [-0.25, -0.2) is 8.78 Å². The van der Waals surface area contributed by atoms with Crippen molar-refractivity contribution < 1.29 is 23.0 Å². The third kappa shape index (κ3) is 7.64. The Balaban J connectivity index is 1.59. The normalized spacial score (nSPS) is 14.3. The summed E-state index contributed by atoms with van der Waals surface area (Å²) in [6.45, 7) is 4.94. The summed E-state index contributed by atoms with van der Waals surface area (Å²) in [5, 5.41) is 0. The molecule has 38 heavy (non-hydrogen) atoms. The van der Waals surface area contributed by atoms with Crippen LogP contribution < -0.4 is 10.5 Å². The quantitative estimate of drug-likeness (QED) is 0.270. The lowest BCUT2D eigenvalue weighted by Gasteiger charge is -2.20. The third-order valence-electron chi connectivity index (χ3n) is 6.62. The molecule has 1 saturated carbocycles. The number of hydrogen-bond acceptors (Lipinski definition) is 4. The standard InChI is InChI=1S/C32H37F2NO3/c1-32(2,3)38-30(36)18-24-7-4-5-10-29(24)37-20-23-15-22(14-13-21-11-12-21)16-25(17-23)26-8-6-9-27(31(26)34)28(35)19-33/h4-10,15-17,21,28H,11-14,18-20,35H2,1-3H3. The van der Waals surface area contributed by atoms with Gasteiger partial charge in [0.05, 0.1) is 12.5 Å². The van der Waals surface area contributed by atoms with Crippen molar-refractivity contribution in [2.24, 2.45) is 11.7 Å². The van der Waals surface area contributed by atoms with Gasteiger partial charge in [-0.15, -0.1) is 0 Å². The molecule has 4 nitrogen and oxygen atoms in total. The number of nitrogens with two attached hydrogens (primary N) is 1. The van der Waals surface area contributed by atoms with Crippen molar-refractivity contribution in [2.75, 3.05) is 6.67 Å². The Bertz CT molecular complexity index is 1260. The van der Waals surface area contributed by atoms with Crippen LogP contribution >= 0.6 is 0 Å². The molecule has 0 aromatic heterocycles. The predicted molar refractivity (Wildman–Crippen MR) is 146 cm³/mol. The van der Waals surface area contributed by atoms with Crippen molar-refractivity contribution in [1.82, 2.24) is 0 Å². The summed E-state index contributed by atoms with van der Waals surface area (Å²) in [7, 11) is 0. The van der Waals surface area contributed by atoms with E-state index in [1.807, 2.05) is 57.2 Å². The second-order valence-electron chi connectivity index (χ2n) is 11.1. The molecule has 1 aliphatic carbocycles. The number of carbonyl (C=O) groups is 1. The van der Waals surface area contributed by atoms with Gasteiger partial charge in [0.1, 0.15) is 30.4 Å². The van der Waals surface area contributed by atoms with E-state index in [4.69, 9.17) is 15.2 Å². The molecule has 202 valence electrons. The molecule has 3 aromatic carbocycles. The van der Waals surface area contributed by atoms with E-state index in [0.29, 0.717) is 16.9 Å². The fourth-order valence-corrected chi connectivity index (χ4v) is 4.55. The van der Waals surface area contributed by atoms with Gasteiger partial charge >= 0.3 is 5.97 Å². The first-order valence-electron chi connectivity index (χ1n) is 13.3. The van der Waals surface area contributed by atoms with Crippen molar-refractivity contribution in [3.8, 4) is 16.9 Å². The molecule has 0 aliphatic heterocycles. The molecule has 4 rings (SSSR count). The van der Waals surface area contributed by atoms with Crippen LogP contribution in [-0.2, 0) is 29.0 Å². The summed E-state index contributed by atoms with van der Waals surface area (Å²) >= 11 is 0. The highest BCUT2D eigenvalue weighted by molar-refractivity contribution is 5.74. The highest BCUT2D eigenvalue weighted by atomic mass is 19.1. The average Bonchev–Trinajstić information content (AvgIpc) is 3.70. The first-order chi connectivity index (χ1) is 18.1. The summed E-state index contributed by atoms with van der Waals surface area (Å²) in [4.78, 5) is 12.4. The zero-order valence-corrected chi connectivity index (χ0v) is 22.4. The highest BCUT2D eigenvalue weighted by Crippen LogP contribution is 2.35. The van der Waals surface area contributed by atoms with Crippen molar-refractivity contribution >= 4 is 5.97 Å².